The predicted molar refractivity (Wildman–Crippen MR) is 76.5 cm³/mol. The molecule has 1 heterocycles. The van der Waals surface area contributed by atoms with E-state index in [-0.39, 0.29) is 11.9 Å². The summed E-state index contributed by atoms with van der Waals surface area (Å²) in [5, 5.41) is 7.93. The molecule has 3 N–H and O–H groups in total. The molecule has 0 aliphatic heterocycles. The zero-order chi connectivity index (χ0) is 14.5. The number of aromatic nitrogens is 2. The highest BCUT2D eigenvalue weighted by atomic mass is 79.9. The number of halogens is 2. The molecule has 106 valence electrons. The van der Waals surface area contributed by atoms with Crippen LogP contribution in [0.2, 0.25) is 0 Å². The summed E-state index contributed by atoms with van der Waals surface area (Å²) >= 11 is 3.26. The monoisotopic (exact) mass is 340 g/mol. The van der Waals surface area contributed by atoms with E-state index in [0.717, 1.165) is 5.56 Å². The van der Waals surface area contributed by atoms with E-state index in [1.165, 1.54) is 19.2 Å². The topological polar surface area (TPSA) is 73.1 Å². The van der Waals surface area contributed by atoms with Gasteiger partial charge in [0.25, 0.3) is 0 Å². The Bertz CT molecular complexity index is 559. The Balaban J connectivity index is 2.19. The van der Waals surface area contributed by atoms with Crippen molar-refractivity contribution in [2.75, 3.05) is 7.11 Å². The molecule has 0 fully saturated rings. The van der Waals surface area contributed by atoms with Gasteiger partial charge >= 0.3 is 0 Å². The number of methoxy groups -OCH3 is 1. The largest absolute Gasteiger partial charge is 0.480 e. The first-order chi connectivity index (χ1) is 9.62. The third-order valence-corrected chi connectivity index (χ3v) is 3.25. The number of nitrogens with zero attached hydrogens (tertiary/aromatic N) is 2. The normalized spacial score (nSPS) is 12.2. The van der Waals surface area contributed by atoms with Crippen molar-refractivity contribution >= 4 is 15.9 Å². The van der Waals surface area contributed by atoms with E-state index in [2.05, 4.69) is 31.6 Å². The van der Waals surface area contributed by atoms with Crippen LogP contribution in [0.4, 0.5) is 4.39 Å². The summed E-state index contributed by atoms with van der Waals surface area (Å²) in [6.07, 6.45) is 0.494. The quantitative estimate of drug-likeness (QED) is 0.644. The molecule has 1 atom stereocenters. The van der Waals surface area contributed by atoms with E-state index in [4.69, 9.17) is 10.6 Å². The third kappa shape index (κ3) is 3.72. The lowest BCUT2D eigenvalue weighted by atomic mass is 10.0. The number of benzene rings is 1. The van der Waals surface area contributed by atoms with Gasteiger partial charge in [-0.25, -0.2) is 4.39 Å². The highest BCUT2D eigenvalue weighted by molar-refractivity contribution is 9.10. The van der Waals surface area contributed by atoms with Gasteiger partial charge in [-0.1, -0.05) is 15.9 Å². The average molecular weight is 341 g/mol. The van der Waals surface area contributed by atoms with E-state index < -0.39 is 0 Å². The molecule has 0 amide bonds. The molecular formula is C13H14BrFN4O. The molecule has 2 rings (SSSR count). The molecule has 0 bridgehead atoms. The smallest absolute Gasteiger partial charge is 0.233 e. The summed E-state index contributed by atoms with van der Waals surface area (Å²) in [6, 6.07) is 7.92. The zero-order valence-corrected chi connectivity index (χ0v) is 12.4. The van der Waals surface area contributed by atoms with Crippen molar-refractivity contribution in [2.24, 2.45) is 5.84 Å². The molecular weight excluding hydrogens is 327 g/mol. The van der Waals surface area contributed by atoms with Crippen molar-refractivity contribution in [1.29, 1.82) is 0 Å². The van der Waals surface area contributed by atoms with Crippen LogP contribution in [-0.2, 0) is 6.42 Å². The van der Waals surface area contributed by atoms with Crippen molar-refractivity contribution in [3.8, 4) is 5.88 Å². The molecule has 0 aliphatic carbocycles. The summed E-state index contributed by atoms with van der Waals surface area (Å²) < 4.78 is 19.0. The van der Waals surface area contributed by atoms with Gasteiger partial charge in [-0.05, 0) is 36.2 Å². The molecule has 0 saturated carbocycles. The highest BCUT2D eigenvalue weighted by Crippen LogP contribution is 2.21. The minimum Gasteiger partial charge on any atom is -0.480 e. The van der Waals surface area contributed by atoms with Gasteiger partial charge in [0.05, 0.1) is 18.8 Å². The lowest BCUT2D eigenvalue weighted by Gasteiger charge is -2.15. The van der Waals surface area contributed by atoms with Crippen LogP contribution in [0.25, 0.3) is 0 Å². The van der Waals surface area contributed by atoms with Crippen molar-refractivity contribution in [2.45, 2.75) is 12.5 Å². The highest BCUT2D eigenvalue weighted by Gasteiger charge is 2.14. The number of hydrazine groups is 1. The van der Waals surface area contributed by atoms with Crippen LogP contribution in [-0.4, -0.2) is 17.3 Å². The van der Waals surface area contributed by atoms with Gasteiger partial charge in [0.1, 0.15) is 5.82 Å². The number of hydrogen-bond acceptors (Lipinski definition) is 5. The van der Waals surface area contributed by atoms with E-state index >= 15 is 0 Å². The van der Waals surface area contributed by atoms with Gasteiger partial charge < -0.3 is 4.74 Å². The van der Waals surface area contributed by atoms with E-state index in [1.54, 1.807) is 12.1 Å². The Morgan fingerprint density at radius 3 is 2.70 bits per heavy atom. The fourth-order valence-corrected chi connectivity index (χ4v) is 2.35. The molecule has 0 saturated heterocycles. The lowest BCUT2D eigenvalue weighted by molar-refractivity contribution is 0.389. The second-order valence-electron chi connectivity index (χ2n) is 4.20. The van der Waals surface area contributed by atoms with Crippen LogP contribution < -0.4 is 16.0 Å². The second kappa shape index (κ2) is 6.74. The average Bonchev–Trinajstić information content (AvgIpc) is 2.44. The Kier molecular flexibility index (Phi) is 4.99. The SMILES string of the molecule is COc1ccc(C(Cc2cc(F)cc(Br)c2)NN)nn1. The Morgan fingerprint density at radius 2 is 2.15 bits per heavy atom. The fourth-order valence-electron chi connectivity index (χ4n) is 1.84. The Labute approximate surface area is 124 Å². The van der Waals surface area contributed by atoms with Crippen LogP contribution >= 0.6 is 15.9 Å². The molecule has 0 spiro atoms. The molecule has 0 aliphatic rings. The van der Waals surface area contributed by atoms with E-state index in [0.29, 0.717) is 22.5 Å². The summed E-state index contributed by atoms with van der Waals surface area (Å²) in [5.41, 5.74) is 4.13. The Hall–Kier alpha value is -1.57. The first-order valence-electron chi connectivity index (χ1n) is 5.91. The van der Waals surface area contributed by atoms with Gasteiger partial charge in [-0.2, -0.15) is 5.10 Å². The van der Waals surface area contributed by atoms with Gasteiger partial charge in [0.15, 0.2) is 0 Å². The van der Waals surface area contributed by atoms with Gasteiger partial charge in [0.2, 0.25) is 5.88 Å². The maximum absolute atomic E-state index is 13.4. The molecule has 7 heteroatoms. The maximum atomic E-state index is 13.4. The number of hydrogen-bond donors (Lipinski definition) is 2. The first kappa shape index (κ1) is 14.8. The van der Waals surface area contributed by atoms with E-state index in [9.17, 15) is 4.39 Å². The molecule has 0 radical (unpaired) electrons. The molecule has 20 heavy (non-hydrogen) atoms. The van der Waals surface area contributed by atoms with Crippen LogP contribution in [0, 0.1) is 5.82 Å². The minimum absolute atomic E-state index is 0.262. The first-order valence-corrected chi connectivity index (χ1v) is 6.70. The van der Waals surface area contributed by atoms with Crippen molar-refractivity contribution in [3.63, 3.8) is 0 Å². The number of nitrogens with two attached hydrogens (primary N) is 1. The Morgan fingerprint density at radius 1 is 1.35 bits per heavy atom. The third-order valence-electron chi connectivity index (χ3n) is 2.79. The summed E-state index contributed by atoms with van der Waals surface area (Å²) in [5.74, 6) is 5.67. The summed E-state index contributed by atoms with van der Waals surface area (Å²) in [4.78, 5) is 0. The number of rotatable bonds is 5. The summed E-state index contributed by atoms with van der Waals surface area (Å²) in [7, 11) is 1.52. The predicted octanol–water partition coefficient (Wildman–Crippen LogP) is 2.13. The summed E-state index contributed by atoms with van der Waals surface area (Å²) in [6.45, 7) is 0. The fraction of sp³-hybridized carbons (Fsp3) is 0.231. The van der Waals surface area contributed by atoms with Crippen LogP contribution in [0.5, 0.6) is 5.88 Å². The van der Waals surface area contributed by atoms with E-state index in [1.807, 2.05) is 6.07 Å². The van der Waals surface area contributed by atoms with Gasteiger partial charge in [-0.3, -0.25) is 11.3 Å². The van der Waals surface area contributed by atoms with Crippen molar-refractivity contribution in [3.05, 3.63) is 51.9 Å². The number of ether oxygens (including phenoxy) is 1. The van der Waals surface area contributed by atoms with Crippen LogP contribution in [0.1, 0.15) is 17.3 Å². The minimum atomic E-state index is -0.300. The zero-order valence-electron chi connectivity index (χ0n) is 10.8. The maximum Gasteiger partial charge on any atom is 0.233 e. The van der Waals surface area contributed by atoms with Crippen molar-refractivity contribution in [1.82, 2.24) is 15.6 Å². The van der Waals surface area contributed by atoms with Crippen LogP contribution in [0.3, 0.4) is 0 Å². The van der Waals surface area contributed by atoms with Gasteiger partial charge in [-0.15, -0.1) is 5.10 Å². The molecule has 1 aromatic heterocycles. The molecule has 1 unspecified atom stereocenters. The van der Waals surface area contributed by atoms with Gasteiger partial charge in [0, 0.05) is 10.5 Å². The molecule has 1 aromatic carbocycles. The molecule has 2 aromatic rings. The lowest BCUT2D eigenvalue weighted by Crippen LogP contribution is -2.30. The molecule has 5 nitrogen and oxygen atoms in total. The van der Waals surface area contributed by atoms with Crippen molar-refractivity contribution < 1.29 is 9.13 Å². The number of nitrogens with one attached hydrogen (secondary N) is 1. The standard InChI is InChI=1S/C13H14BrFN4O/c1-20-13-3-2-11(18-19-13)12(17-16)6-8-4-9(14)7-10(15)5-8/h2-5,7,12,17H,6,16H2,1H3. The van der Waals surface area contributed by atoms with Crippen LogP contribution in [0.15, 0.2) is 34.8 Å². The second-order valence-corrected chi connectivity index (χ2v) is 5.12.